The first-order valence-corrected chi connectivity index (χ1v) is 8.26. The molecule has 6 nitrogen and oxygen atoms in total. The van der Waals surface area contributed by atoms with Crippen LogP contribution in [-0.4, -0.2) is 23.5 Å². The van der Waals surface area contributed by atoms with E-state index in [-0.39, 0.29) is 11.7 Å². The molecule has 2 aromatic carbocycles. The number of amides is 2. The van der Waals surface area contributed by atoms with Gasteiger partial charge in [-0.25, -0.2) is 0 Å². The van der Waals surface area contributed by atoms with Crippen LogP contribution >= 0.6 is 12.2 Å². The maximum atomic E-state index is 11.8. The molecule has 3 N–H and O–H groups in total. The molecule has 0 aromatic heterocycles. The molecule has 7 heteroatoms. The molecule has 0 unspecified atom stereocenters. The normalized spacial score (nSPS) is 10.2. The van der Waals surface area contributed by atoms with Gasteiger partial charge in [0.1, 0.15) is 5.75 Å². The Labute approximate surface area is 157 Å². The van der Waals surface area contributed by atoms with Crippen LogP contribution < -0.4 is 20.9 Å². The van der Waals surface area contributed by atoms with E-state index in [1.165, 1.54) is 6.08 Å². The lowest BCUT2D eigenvalue weighted by Gasteiger charge is -2.10. The third-order valence-corrected chi connectivity index (χ3v) is 3.34. The van der Waals surface area contributed by atoms with Crippen LogP contribution in [-0.2, 0) is 9.59 Å². The van der Waals surface area contributed by atoms with Crippen LogP contribution in [0.5, 0.6) is 5.75 Å². The average Bonchev–Trinajstić information content (AvgIpc) is 2.64. The first-order valence-electron chi connectivity index (χ1n) is 7.85. The van der Waals surface area contributed by atoms with Crippen LogP contribution in [0.1, 0.15) is 11.1 Å². The second-order valence-corrected chi connectivity index (χ2v) is 5.75. The van der Waals surface area contributed by atoms with E-state index in [4.69, 9.17) is 17.0 Å². The van der Waals surface area contributed by atoms with Crippen molar-refractivity contribution < 1.29 is 14.3 Å². The molecule has 0 aliphatic heterocycles. The highest BCUT2D eigenvalue weighted by Crippen LogP contribution is 2.11. The van der Waals surface area contributed by atoms with Crippen LogP contribution in [0.25, 0.3) is 6.08 Å². The van der Waals surface area contributed by atoms with Gasteiger partial charge in [-0.3, -0.25) is 25.8 Å². The van der Waals surface area contributed by atoms with Crippen molar-refractivity contribution >= 4 is 35.2 Å². The van der Waals surface area contributed by atoms with Gasteiger partial charge in [-0.2, -0.15) is 0 Å². The van der Waals surface area contributed by atoms with Gasteiger partial charge >= 0.3 is 0 Å². The summed E-state index contributed by atoms with van der Waals surface area (Å²) in [6.45, 7) is 1.75. The Hall–Kier alpha value is -3.19. The van der Waals surface area contributed by atoms with Crippen molar-refractivity contribution in [3.05, 3.63) is 71.8 Å². The van der Waals surface area contributed by atoms with E-state index in [0.29, 0.717) is 5.75 Å². The number of aryl methyl sites for hydroxylation is 1. The number of rotatable bonds is 5. The van der Waals surface area contributed by atoms with Gasteiger partial charge in [-0.05, 0) is 48.5 Å². The van der Waals surface area contributed by atoms with Gasteiger partial charge in [0, 0.05) is 6.08 Å². The van der Waals surface area contributed by atoms with Crippen molar-refractivity contribution in [3.8, 4) is 5.75 Å². The lowest BCUT2D eigenvalue weighted by atomic mass is 10.2. The largest absolute Gasteiger partial charge is 0.484 e. The quantitative estimate of drug-likeness (QED) is 0.427. The number of ether oxygens (including phenoxy) is 1. The molecule has 0 saturated heterocycles. The minimum atomic E-state index is -0.428. The summed E-state index contributed by atoms with van der Waals surface area (Å²) in [5, 5.41) is 2.41. The Morgan fingerprint density at radius 3 is 2.58 bits per heavy atom. The van der Waals surface area contributed by atoms with Crippen molar-refractivity contribution in [2.75, 3.05) is 6.61 Å². The second kappa shape index (κ2) is 9.95. The first kappa shape index (κ1) is 19.1. The summed E-state index contributed by atoms with van der Waals surface area (Å²) in [6, 6.07) is 16.7. The smallest absolute Gasteiger partial charge is 0.276 e. The SMILES string of the molecule is Cc1cccc(OCC(=O)NNC(=S)NC(=O)C=Cc2ccccc2)c1. The summed E-state index contributed by atoms with van der Waals surface area (Å²) in [5.74, 6) is -0.235. The maximum Gasteiger partial charge on any atom is 0.276 e. The Morgan fingerprint density at radius 2 is 1.85 bits per heavy atom. The van der Waals surface area contributed by atoms with Crippen LogP contribution in [0.15, 0.2) is 60.7 Å². The van der Waals surface area contributed by atoms with Gasteiger partial charge in [0.15, 0.2) is 11.7 Å². The monoisotopic (exact) mass is 369 g/mol. The van der Waals surface area contributed by atoms with Gasteiger partial charge in [-0.1, -0.05) is 42.5 Å². The highest BCUT2D eigenvalue weighted by atomic mass is 32.1. The highest BCUT2D eigenvalue weighted by molar-refractivity contribution is 7.80. The van der Waals surface area contributed by atoms with E-state index in [1.54, 1.807) is 12.1 Å². The third-order valence-electron chi connectivity index (χ3n) is 3.14. The van der Waals surface area contributed by atoms with Crippen LogP contribution in [0.4, 0.5) is 0 Å². The molecule has 2 amide bonds. The molecule has 2 rings (SSSR count). The van der Waals surface area contributed by atoms with Crippen LogP contribution in [0.2, 0.25) is 0 Å². The van der Waals surface area contributed by atoms with E-state index in [0.717, 1.165) is 11.1 Å². The summed E-state index contributed by atoms with van der Waals surface area (Å²) in [4.78, 5) is 23.5. The zero-order valence-electron chi connectivity index (χ0n) is 14.2. The van der Waals surface area contributed by atoms with Crippen molar-refractivity contribution in [1.82, 2.24) is 16.2 Å². The molecular formula is C19H19N3O3S. The lowest BCUT2D eigenvalue weighted by molar-refractivity contribution is -0.123. The minimum absolute atomic E-state index is 0.0170. The molecule has 0 saturated carbocycles. The standard InChI is InChI=1S/C19H19N3O3S/c1-14-6-5-9-16(12-14)25-13-18(24)21-22-19(26)20-17(23)11-10-15-7-3-2-4-8-15/h2-12H,13H2,1H3,(H,21,24)(H2,20,22,23,26). The van der Waals surface area contributed by atoms with E-state index in [2.05, 4.69) is 16.2 Å². The number of hydrogen-bond donors (Lipinski definition) is 3. The Kier molecular flexibility index (Phi) is 7.32. The zero-order valence-corrected chi connectivity index (χ0v) is 15.0. The van der Waals surface area contributed by atoms with Crippen LogP contribution in [0, 0.1) is 6.92 Å². The number of carbonyl (C=O) groups is 2. The van der Waals surface area contributed by atoms with E-state index in [9.17, 15) is 9.59 Å². The summed E-state index contributed by atoms with van der Waals surface area (Å²) in [6.07, 6.45) is 3.01. The highest BCUT2D eigenvalue weighted by Gasteiger charge is 2.05. The van der Waals surface area contributed by atoms with Gasteiger partial charge in [0.25, 0.3) is 5.91 Å². The molecule has 0 fully saturated rings. The number of benzene rings is 2. The number of hydrazine groups is 1. The maximum absolute atomic E-state index is 11.8. The van der Waals surface area contributed by atoms with Gasteiger partial charge in [0.05, 0.1) is 0 Å². The topological polar surface area (TPSA) is 79.5 Å². The molecule has 0 aliphatic carbocycles. The molecule has 0 heterocycles. The van der Waals surface area contributed by atoms with Crippen LogP contribution in [0.3, 0.4) is 0 Å². The van der Waals surface area contributed by atoms with Gasteiger partial charge in [0.2, 0.25) is 5.91 Å². The molecular weight excluding hydrogens is 350 g/mol. The summed E-state index contributed by atoms with van der Waals surface area (Å²) >= 11 is 4.94. The van der Waals surface area contributed by atoms with Crippen molar-refractivity contribution in [2.24, 2.45) is 0 Å². The molecule has 0 bridgehead atoms. The number of nitrogens with one attached hydrogen (secondary N) is 3. The Balaban J connectivity index is 1.68. The molecule has 0 spiro atoms. The number of hydrogen-bond acceptors (Lipinski definition) is 4. The molecule has 0 atom stereocenters. The summed E-state index contributed by atoms with van der Waals surface area (Å²) < 4.78 is 5.36. The lowest BCUT2D eigenvalue weighted by Crippen LogP contribution is -2.49. The predicted molar refractivity (Wildman–Crippen MR) is 104 cm³/mol. The van der Waals surface area contributed by atoms with Crippen molar-refractivity contribution in [2.45, 2.75) is 6.92 Å². The van der Waals surface area contributed by atoms with E-state index < -0.39 is 11.8 Å². The molecule has 134 valence electrons. The summed E-state index contributed by atoms with van der Waals surface area (Å²) in [5.41, 5.74) is 6.73. The Bertz CT molecular complexity index is 807. The third kappa shape index (κ3) is 7.14. The molecule has 0 aliphatic rings. The van der Waals surface area contributed by atoms with E-state index >= 15 is 0 Å². The fourth-order valence-corrected chi connectivity index (χ4v) is 2.09. The van der Waals surface area contributed by atoms with E-state index in [1.807, 2.05) is 55.5 Å². The molecule has 2 aromatic rings. The number of carbonyl (C=O) groups excluding carboxylic acids is 2. The second-order valence-electron chi connectivity index (χ2n) is 5.34. The van der Waals surface area contributed by atoms with Crippen molar-refractivity contribution in [3.63, 3.8) is 0 Å². The van der Waals surface area contributed by atoms with Gasteiger partial charge in [-0.15, -0.1) is 0 Å². The number of thiocarbonyl (C=S) groups is 1. The fourth-order valence-electron chi connectivity index (χ4n) is 1.94. The predicted octanol–water partition coefficient (Wildman–Crippen LogP) is 2.11. The van der Waals surface area contributed by atoms with Gasteiger partial charge < -0.3 is 4.74 Å². The first-order chi connectivity index (χ1) is 12.5. The minimum Gasteiger partial charge on any atom is -0.484 e. The Morgan fingerprint density at radius 1 is 1.08 bits per heavy atom. The average molecular weight is 369 g/mol. The summed E-state index contributed by atoms with van der Waals surface area (Å²) in [7, 11) is 0. The molecule has 26 heavy (non-hydrogen) atoms. The van der Waals surface area contributed by atoms with Crippen molar-refractivity contribution in [1.29, 1.82) is 0 Å². The molecule has 0 radical (unpaired) electrons. The zero-order chi connectivity index (χ0) is 18.8. The fraction of sp³-hybridized carbons (Fsp3) is 0.105.